The number of benzene rings is 1. The summed E-state index contributed by atoms with van der Waals surface area (Å²) >= 11 is 0. The van der Waals surface area contributed by atoms with Gasteiger partial charge >= 0.3 is 5.97 Å². The Kier molecular flexibility index (Phi) is 5.01. The van der Waals surface area contributed by atoms with Gasteiger partial charge in [-0.3, -0.25) is 4.79 Å². The van der Waals surface area contributed by atoms with Crippen molar-refractivity contribution in [2.75, 3.05) is 19.5 Å². The van der Waals surface area contributed by atoms with Gasteiger partial charge in [-0.05, 0) is 23.3 Å². The number of tetrazole rings is 1. The summed E-state index contributed by atoms with van der Waals surface area (Å²) in [6.07, 6.45) is 2.02. The zero-order valence-corrected chi connectivity index (χ0v) is 14.7. The van der Waals surface area contributed by atoms with E-state index in [1.54, 1.807) is 4.68 Å². The molecule has 1 fully saturated rings. The SMILES string of the molecule is COc1cc(NC(C)=O)c(C(=O)OCc2nnnn2C2CC2)cc1OC. The number of carbonyl (C=O) groups excluding carboxylic acids is 2. The minimum absolute atomic E-state index is 0.0732. The Hall–Kier alpha value is -3.17. The number of hydrogen-bond donors (Lipinski definition) is 1. The van der Waals surface area contributed by atoms with E-state index in [2.05, 4.69) is 20.8 Å². The largest absolute Gasteiger partial charge is 0.493 e. The molecule has 0 radical (unpaired) electrons. The van der Waals surface area contributed by atoms with E-state index in [1.807, 2.05) is 0 Å². The van der Waals surface area contributed by atoms with Crippen molar-refractivity contribution in [3.8, 4) is 11.5 Å². The van der Waals surface area contributed by atoms with Gasteiger partial charge in [0, 0.05) is 19.1 Å². The Labute approximate surface area is 149 Å². The second-order valence-corrected chi connectivity index (χ2v) is 5.78. The van der Waals surface area contributed by atoms with Gasteiger partial charge in [0.15, 0.2) is 23.9 Å². The number of ether oxygens (including phenoxy) is 3. The van der Waals surface area contributed by atoms with Gasteiger partial charge in [-0.1, -0.05) is 0 Å². The van der Waals surface area contributed by atoms with E-state index >= 15 is 0 Å². The summed E-state index contributed by atoms with van der Waals surface area (Å²) in [5.41, 5.74) is 0.408. The molecule has 138 valence electrons. The Balaban J connectivity index is 1.82. The monoisotopic (exact) mass is 361 g/mol. The molecular formula is C16H19N5O5. The van der Waals surface area contributed by atoms with Gasteiger partial charge in [0.05, 0.1) is 31.5 Å². The number of rotatable bonds is 7. The lowest BCUT2D eigenvalue weighted by Gasteiger charge is -2.14. The average Bonchev–Trinajstić information content (AvgIpc) is 3.36. The van der Waals surface area contributed by atoms with Crippen molar-refractivity contribution < 1.29 is 23.8 Å². The number of esters is 1. The van der Waals surface area contributed by atoms with Crippen LogP contribution in [0.4, 0.5) is 5.69 Å². The molecule has 1 N–H and O–H groups in total. The molecule has 0 aliphatic heterocycles. The molecule has 1 aliphatic carbocycles. The van der Waals surface area contributed by atoms with Gasteiger partial charge in [0.2, 0.25) is 5.91 Å². The average molecular weight is 361 g/mol. The van der Waals surface area contributed by atoms with Crippen LogP contribution in [0.3, 0.4) is 0 Å². The Bertz CT molecular complexity index is 830. The van der Waals surface area contributed by atoms with Gasteiger partial charge in [0.25, 0.3) is 0 Å². The normalized spacial score (nSPS) is 13.2. The number of nitrogens with zero attached hydrogens (tertiary/aromatic N) is 4. The molecule has 0 atom stereocenters. The minimum Gasteiger partial charge on any atom is -0.493 e. The molecule has 0 bridgehead atoms. The molecule has 10 nitrogen and oxygen atoms in total. The van der Waals surface area contributed by atoms with Crippen LogP contribution in [0.5, 0.6) is 11.5 Å². The number of amides is 1. The second-order valence-electron chi connectivity index (χ2n) is 5.78. The van der Waals surface area contributed by atoms with E-state index in [0.717, 1.165) is 12.8 Å². The second kappa shape index (κ2) is 7.38. The fraction of sp³-hybridized carbons (Fsp3) is 0.438. The number of nitrogens with one attached hydrogen (secondary N) is 1. The third kappa shape index (κ3) is 3.73. The minimum atomic E-state index is -0.639. The summed E-state index contributed by atoms with van der Waals surface area (Å²) in [5, 5.41) is 14.0. The summed E-state index contributed by atoms with van der Waals surface area (Å²) in [6, 6.07) is 3.23. The molecule has 1 aliphatic rings. The molecule has 1 saturated carbocycles. The molecule has 0 unspecified atom stereocenters. The number of aromatic nitrogens is 4. The first-order valence-corrected chi connectivity index (χ1v) is 8.01. The molecule has 10 heteroatoms. The van der Waals surface area contributed by atoms with Crippen molar-refractivity contribution in [2.45, 2.75) is 32.4 Å². The van der Waals surface area contributed by atoms with E-state index in [4.69, 9.17) is 14.2 Å². The highest BCUT2D eigenvalue weighted by molar-refractivity contribution is 6.01. The summed E-state index contributed by atoms with van der Waals surface area (Å²) in [7, 11) is 2.92. The summed E-state index contributed by atoms with van der Waals surface area (Å²) < 4.78 is 17.4. The first kappa shape index (κ1) is 17.6. The number of hydrogen-bond acceptors (Lipinski definition) is 8. The quantitative estimate of drug-likeness (QED) is 0.734. The fourth-order valence-corrected chi connectivity index (χ4v) is 2.46. The van der Waals surface area contributed by atoms with Crippen molar-refractivity contribution in [1.82, 2.24) is 20.2 Å². The van der Waals surface area contributed by atoms with Gasteiger partial charge < -0.3 is 19.5 Å². The molecule has 26 heavy (non-hydrogen) atoms. The predicted molar refractivity (Wildman–Crippen MR) is 89.1 cm³/mol. The first-order chi connectivity index (χ1) is 12.5. The summed E-state index contributed by atoms with van der Waals surface area (Å²) in [4.78, 5) is 24.0. The molecule has 1 heterocycles. The van der Waals surface area contributed by atoms with E-state index in [1.165, 1.54) is 33.3 Å². The number of carbonyl (C=O) groups is 2. The van der Waals surface area contributed by atoms with Crippen LogP contribution in [0.1, 0.15) is 42.0 Å². The van der Waals surface area contributed by atoms with Crippen LogP contribution in [-0.4, -0.2) is 46.3 Å². The van der Waals surface area contributed by atoms with Gasteiger partial charge in [0.1, 0.15) is 0 Å². The van der Waals surface area contributed by atoms with Crippen LogP contribution in [0, 0.1) is 0 Å². The molecule has 1 aromatic heterocycles. The molecular weight excluding hydrogens is 342 g/mol. The van der Waals surface area contributed by atoms with Crippen LogP contribution >= 0.6 is 0 Å². The van der Waals surface area contributed by atoms with Crippen molar-refractivity contribution in [2.24, 2.45) is 0 Å². The molecule has 3 rings (SSSR count). The maximum absolute atomic E-state index is 12.6. The van der Waals surface area contributed by atoms with Crippen molar-refractivity contribution in [1.29, 1.82) is 0 Å². The van der Waals surface area contributed by atoms with Crippen LogP contribution in [0.2, 0.25) is 0 Å². The summed E-state index contributed by atoms with van der Waals surface area (Å²) in [5.74, 6) is 0.230. The van der Waals surface area contributed by atoms with Gasteiger partial charge in [-0.2, -0.15) is 0 Å². The predicted octanol–water partition coefficient (Wildman–Crippen LogP) is 1.34. The van der Waals surface area contributed by atoms with E-state index in [9.17, 15) is 9.59 Å². The van der Waals surface area contributed by atoms with Crippen molar-refractivity contribution >= 4 is 17.6 Å². The highest BCUT2D eigenvalue weighted by Gasteiger charge is 2.28. The van der Waals surface area contributed by atoms with E-state index in [-0.39, 0.29) is 29.8 Å². The Morgan fingerprint density at radius 3 is 2.54 bits per heavy atom. The lowest BCUT2D eigenvalue weighted by molar-refractivity contribution is -0.114. The topological polar surface area (TPSA) is 117 Å². The Morgan fingerprint density at radius 2 is 1.92 bits per heavy atom. The van der Waals surface area contributed by atoms with Gasteiger partial charge in [-0.25, -0.2) is 9.48 Å². The third-order valence-corrected chi connectivity index (χ3v) is 3.84. The lowest BCUT2D eigenvalue weighted by Crippen LogP contribution is -2.15. The molecule has 0 spiro atoms. The Morgan fingerprint density at radius 1 is 1.23 bits per heavy atom. The van der Waals surface area contributed by atoms with Crippen molar-refractivity contribution in [3.05, 3.63) is 23.5 Å². The zero-order valence-electron chi connectivity index (χ0n) is 14.7. The maximum atomic E-state index is 12.6. The molecule has 2 aromatic rings. The number of methoxy groups -OCH3 is 2. The summed E-state index contributed by atoms with van der Waals surface area (Å²) in [6.45, 7) is 1.27. The molecule has 1 aromatic carbocycles. The van der Waals surface area contributed by atoms with Crippen LogP contribution < -0.4 is 14.8 Å². The van der Waals surface area contributed by atoms with Gasteiger partial charge in [-0.15, -0.1) is 5.10 Å². The van der Waals surface area contributed by atoms with E-state index in [0.29, 0.717) is 17.3 Å². The van der Waals surface area contributed by atoms with Crippen LogP contribution in [0.15, 0.2) is 12.1 Å². The first-order valence-electron chi connectivity index (χ1n) is 8.01. The highest BCUT2D eigenvalue weighted by Crippen LogP contribution is 2.35. The van der Waals surface area contributed by atoms with Crippen LogP contribution in [-0.2, 0) is 16.1 Å². The third-order valence-electron chi connectivity index (χ3n) is 3.84. The fourth-order valence-electron chi connectivity index (χ4n) is 2.46. The standard InChI is InChI=1S/C16H19N5O5/c1-9(22)17-12-7-14(25-3)13(24-2)6-11(12)16(23)26-8-15-18-19-20-21(15)10-4-5-10/h6-7,10H,4-5,8H2,1-3H3,(H,17,22). The zero-order chi connectivity index (χ0) is 18.7. The maximum Gasteiger partial charge on any atom is 0.340 e. The molecule has 0 saturated heterocycles. The smallest absolute Gasteiger partial charge is 0.340 e. The molecule has 1 amide bonds. The highest BCUT2D eigenvalue weighted by atomic mass is 16.5. The number of anilines is 1. The lowest BCUT2D eigenvalue weighted by atomic mass is 10.1. The van der Waals surface area contributed by atoms with E-state index < -0.39 is 5.97 Å². The van der Waals surface area contributed by atoms with Crippen molar-refractivity contribution in [3.63, 3.8) is 0 Å². The van der Waals surface area contributed by atoms with Crippen LogP contribution in [0.25, 0.3) is 0 Å².